The molecule has 193 valence electrons. The van der Waals surface area contributed by atoms with E-state index in [0.29, 0.717) is 5.56 Å². The van der Waals surface area contributed by atoms with Crippen LogP contribution in [0.2, 0.25) is 13.1 Å². The second kappa shape index (κ2) is 11.5. The Morgan fingerprint density at radius 1 is 0.868 bits per heavy atom. The summed E-state index contributed by atoms with van der Waals surface area (Å²) in [6.45, 7) is -0.669. The van der Waals surface area contributed by atoms with Crippen molar-refractivity contribution in [3.8, 4) is 39.4 Å². The van der Waals surface area contributed by atoms with Crippen molar-refractivity contribution in [1.29, 1.82) is 0 Å². The average molecular weight is 701 g/mol. The molecule has 3 aromatic carbocycles. The van der Waals surface area contributed by atoms with Gasteiger partial charge in [-0.1, -0.05) is 59.2 Å². The summed E-state index contributed by atoms with van der Waals surface area (Å²) >= 11 is 0. The number of aromatic nitrogens is 2. The molecule has 1 aliphatic rings. The van der Waals surface area contributed by atoms with Crippen molar-refractivity contribution >= 4 is 13.5 Å². The van der Waals surface area contributed by atoms with Crippen LogP contribution in [0.15, 0.2) is 91.3 Å². The number of nitrogens with zero attached hydrogens (tertiary/aromatic N) is 2. The van der Waals surface area contributed by atoms with Gasteiger partial charge in [-0.25, -0.2) is 0 Å². The fourth-order valence-corrected chi connectivity index (χ4v) is 6.42. The summed E-state index contributed by atoms with van der Waals surface area (Å²) in [7, 11) is -1.97. The molecule has 0 spiro atoms. The van der Waals surface area contributed by atoms with Crippen molar-refractivity contribution < 1.29 is 37.1 Å². The van der Waals surface area contributed by atoms with Gasteiger partial charge in [0.15, 0.2) is 0 Å². The van der Waals surface area contributed by atoms with E-state index in [2.05, 4.69) is 65.5 Å². The van der Waals surface area contributed by atoms with Gasteiger partial charge in [0.1, 0.15) is 0 Å². The largest absolute Gasteiger partial charge is 0.583 e. The van der Waals surface area contributed by atoms with Gasteiger partial charge in [-0.3, -0.25) is 4.39 Å². The van der Waals surface area contributed by atoms with E-state index in [1.54, 1.807) is 0 Å². The number of rotatable bonds is 2. The molecule has 6 heteroatoms. The first-order valence-electron chi connectivity index (χ1n) is 14.7. The van der Waals surface area contributed by atoms with Crippen molar-refractivity contribution in [2.75, 3.05) is 0 Å². The summed E-state index contributed by atoms with van der Waals surface area (Å²) in [5, 5.41) is 1.35. The van der Waals surface area contributed by atoms with Gasteiger partial charge >= 0.3 is 0 Å². The van der Waals surface area contributed by atoms with Crippen LogP contribution in [0.4, 0.5) is 4.39 Å². The third-order valence-electron chi connectivity index (χ3n) is 6.05. The molecule has 38 heavy (non-hydrogen) atoms. The summed E-state index contributed by atoms with van der Waals surface area (Å²) in [5.41, 5.74) is 4.30. The molecule has 1 radical (unpaired) electrons. The molecule has 6 rings (SSSR count). The van der Waals surface area contributed by atoms with Gasteiger partial charge in [0.2, 0.25) is 0 Å². The van der Waals surface area contributed by atoms with Crippen LogP contribution in [0.25, 0.3) is 33.6 Å². The van der Waals surface area contributed by atoms with Gasteiger partial charge in [0, 0.05) is 52.3 Å². The van der Waals surface area contributed by atoms with Crippen LogP contribution in [0, 0.1) is 31.7 Å². The molecule has 0 amide bonds. The molecular weight excluding hydrogens is 668 g/mol. The van der Waals surface area contributed by atoms with E-state index >= 15 is 0 Å². The van der Waals surface area contributed by atoms with Crippen molar-refractivity contribution in [3.63, 3.8) is 0 Å². The van der Waals surface area contributed by atoms with Gasteiger partial charge in [-0.05, 0) is 60.6 Å². The van der Waals surface area contributed by atoms with Crippen molar-refractivity contribution in [2.45, 2.75) is 26.8 Å². The third kappa shape index (κ3) is 5.68. The summed E-state index contributed by atoms with van der Waals surface area (Å²) in [6.07, 6.45) is 2.84. The molecule has 0 N–H and O–H groups in total. The first-order valence-corrected chi connectivity index (χ1v) is 14.6. The zero-order valence-corrected chi connectivity index (χ0v) is 24.1. The van der Waals surface area contributed by atoms with E-state index in [0.717, 1.165) is 34.8 Å². The first-order chi connectivity index (χ1) is 20.3. The Morgan fingerprint density at radius 3 is 2.42 bits per heavy atom. The van der Waals surface area contributed by atoms with E-state index in [9.17, 15) is 4.39 Å². The van der Waals surface area contributed by atoms with Crippen LogP contribution in [-0.4, -0.2) is 18.3 Å². The number of halogens is 1. The second-order valence-electron chi connectivity index (χ2n) is 9.00. The quantitative estimate of drug-likeness (QED) is 0.143. The Morgan fingerprint density at radius 2 is 1.68 bits per heavy atom. The summed E-state index contributed by atoms with van der Waals surface area (Å²) in [5.74, 6) is 0.450. The minimum atomic E-state index is -2.58. The van der Waals surface area contributed by atoms with Crippen LogP contribution >= 0.6 is 0 Å². The minimum absolute atomic E-state index is 0. The standard InChI is InChI=1S/C19H16NOSi.C13H11FN.Ir/c1-22(2)18-12-4-3-8-14(18)15-9-7-10-16(19(15)21-22)17-11-5-6-13-20-17;1-9-7-13(15-8-10(9)2)11-3-5-12(14)6-4-11;/h3-9,11-13H,1-2H3;3,5-8H,1-2H3;/q2*-1;/i;1D3,2D3;. The molecule has 2 aromatic heterocycles. The van der Waals surface area contributed by atoms with Crippen molar-refractivity contribution in [2.24, 2.45) is 0 Å². The zero-order valence-electron chi connectivity index (χ0n) is 26.7. The van der Waals surface area contributed by atoms with Crippen LogP contribution in [-0.2, 0) is 20.1 Å². The van der Waals surface area contributed by atoms with E-state index in [4.69, 9.17) is 12.7 Å². The minimum Gasteiger partial charge on any atom is -0.583 e. The van der Waals surface area contributed by atoms with Gasteiger partial charge in [-0.2, -0.15) is 0 Å². The van der Waals surface area contributed by atoms with Crippen LogP contribution in [0.1, 0.15) is 19.4 Å². The van der Waals surface area contributed by atoms with Crippen molar-refractivity contribution in [1.82, 2.24) is 9.97 Å². The fourth-order valence-electron chi connectivity index (χ4n) is 4.22. The monoisotopic (exact) mass is 701 g/mol. The summed E-state index contributed by atoms with van der Waals surface area (Å²) in [4.78, 5) is 8.42. The number of fused-ring (bicyclic) bond motifs is 3. The summed E-state index contributed by atoms with van der Waals surface area (Å²) in [6, 6.07) is 29.4. The fraction of sp³-hybridized carbons (Fsp3) is 0.125. The zero-order chi connectivity index (χ0) is 31.0. The van der Waals surface area contributed by atoms with E-state index in [1.807, 2.05) is 30.5 Å². The Kier molecular flexibility index (Phi) is 6.22. The molecule has 1 aliphatic heterocycles. The molecule has 0 saturated carbocycles. The number of benzene rings is 3. The van der Waals surface area contributed by atoms with E-state index in [-0.39, 0.29) is 36.9 Å². The molecular formula is C32H27FIrN2OSi-2. The molecule has 0 atom stereocenters. The molecule has 0 aliphatic carbocycles. The van der Waals surface area contributed by atoms with Crippen molar-refractivity contribution in [3.05, 3.63) is 120 Å². The Bertz CT molecular complexity index is 1750. The normalized spacial score (nSPS) is 15.6. The number of hydrogen-bond donors (Lipinski definition) is 0. The third-order valence-corrected chi connectivity index (χ3v) is 8.50. The Labute approximate surface area is 246 Å². The SMILES string of the molecule is C[Si]1(C)Oc2c(-c3ccccn3)[c-]ccc2-c2ccccc21.[2H]C([2H])([2H])c1cnc(-c2[c-]cc(F)cc2)cc1C([2H])([2H])[2H].[Ir]. The molecule has 0 unspecified atom stereocenters. The van der Waals surface area contributed by atoms with Crippen LogP contribution in [0.3, 0.4) is 0 Å². The Balaban J connectivity index is 0.000000197. The second-order valence-corrected chi connectivity index (χ2v) is 12.8. The molecule has 3 heterocycles. The van der Waals surface area contributed by atoms with Gasteiger partial charge < -0.3 is 14.4 Å². The number of pyridine rings is 2. The van der Waals surface area contributed by atoms with E-state index in [1.165, 1.54) is 28.9 Å². The molecule has 3 nitrogen and oxygen atoms in total. The van der Waals surface area contributed by atoms with Crippen LogP contribution < -0.4 is 9.61 Å². The number of hydrogen-bond acceptors (Lipinski definition) is 3. The van der Waals surface area contributed by atoms with Gasteiger partial charge in [0.05, 0.1) is 0 Å². The van der Waals surface area contributed by atoms with Crippen LogP contribution in [0.5, 0.6) is 5.75 Å². The maximum absolute atomic E-state index is 12.9. The van der Waals surface area contributed by atoms with Gasteiger partial charge in [-0.15, -0.1) is 48.0 Å². The first kappa shape index (κ1) is 20.5. The van der Waals surface area contributed by atoms with E-state index < -0.39 is 27.8 Å². The molecule has 0 bridgehead atoms. The predicted molar refractivity (Wildman–Crippen MR) is 150 cm³/mol. The molecule has 0 saturated heterocycles. The Hall–Kier alpha value is -3.44. The van der Waals surface area contributed by atoms with Gasteiger partial charge in [0.25, 0.3) is 8.32 Å². The maximum atomic E-state index is 12.9. The number of aryl methyl sites for hydroxylation is 2. The maximum Gasteiger partial charge on any atom is 0.264 e. The topological polar surface area (TPSA) is 35.0 Å². The smallest absolute Gasteiger partial charge is 0.264 e. The average Bonchev–Trinajstić information content (AvgIpc) is 2.97. The summed E-state index contributed by atoms with van der Waals surface area (Å²) < 4.78 is 63.9. The molecule has 0 fully saturated rings. The predicted octanol–water partition coefficient (Wildman–Crippen LogP) is 7.32. The molecule has 5 aromatic rings.